The van der Waals surface area contributed by atoms with Crippen molar-refractivity contribution in [1.82, 2.24) is 10.6 Å². The summed E-state index contributed by atoms with van der Waals surface area (Å²) in [7, 11) is 0. The molecular formula is C18H21F2N3O4. The fraction of sp³-hybridized carbons (Fsp3) is 0.500. The number of piperidine rings is 1. The Bertz CT molecular complexity index is 748. The van der Waals surface area contributed by atoms with Crippen molar-refractivity contribution in [2.45, 2.75) is 38.2 Å². The topological polar surface area (TPSA) is 87.7 Å². The molecule has 1 aromatic carbocycles. The smallest absolute Gasteiger partial charge is 0.414 e. The van der Waals surface area contributed by atoms with Gasteiger partial charge >= 0.3 is 6.09 Å². The van der Waals surface area contributed by atoms with Crippen LogP contribution in [0.2, 0.25) is 0 Å². The summed E-state index contributed by atoms with van der Waals surface area (Å²) < 4.78 is 34.3. The zero-order valence-corrected chi connectivity index (χ0v) is 14.9. The summed E-state index contributed by atoms with van der Waals surface area (Å²) in [5.41, 5.74) is -0.0868. The van der Waals surface area contributed by atoms with Crippen LogP contribution in [0.15, 0.2) is 12.1 Å². The summed E-state index contributed by atoms with van der Waals surface area (Å²) in [6, 6.07) is 2.17. The minimum absolute atomic E-state index is 0.0259. The van der Waals surface area contributed by atoms with Crippen molar-refractivity contribution in [3.8, 4) is 0 Å². The van der Waals surface area contributed by atoms with Gasteiger partial charge in [0.2, 0.25) is 11.8 Å². The van der Waals surface area contributed by atoms with Gasteiger partial charge in [-0.3, -0.25) is 14.5 Å². The Morgan fingerprint density at radius 3 is 2.67 bits per heavy atom. The van der Waals surface area contributed by atoms with Crippen LogP contribution >= 0.6 is 0 Å². The first-order valence-electron chi connectivity index (χ1n) is 8.89. The number of carbonyl (C=O) groups excluding carboxylic acids is 3. The Labute approximate surface area is 155 Å². The molecule has 9 heteroatoms. The number of nitrogens with one attached hydrogen (secondary N) is 2. The fourth-order valence-corrected chi connectivity index (χ4v) is 3.34. The average Bonchev–Trinajstić information content (AvgIpc) is 3.00. The molecule has 2 aliphatic heterocycles. The third-order valence-electron chi connectivity index (χ3n) is 4.75. The van der Waals surface area contributed by atoms with Gasteiger partial charge in [-0.25, -0.2) is 13.6 Å². The van der Waals surface area contributed by atoms with Gasteiger partial charge in [0, 0.05) is 30.9 Å². The highest BCUT2D eigenvalue weighted by Gasteiger charge is 2.34. The monoisotopic (exact) mass is 381 g/mol. The number of ether oxygens (including phenoxy) is 1. The highest BCUT2D eigenvalue weighted by molar-refractivity contribution is 5.90. The molecule has 1 aromatic rings. The molecule has 2 heterocycles. The summed E-state index contributed by atoms with van der Waals surface area (Å²) >= 11 is 0. The van der Waals surface area contributed by atoms with Crippen molar-refractivity contribution < 1.29 is 27.9 Å². The van der Waals surface area contributed by atoms with Crippen molar-refractivity contribution in [3.63, 3.8) is 0 Å². The van der Waals surface area contributed by atoms with Crippen LogP contribution in [0.1, 0.15) is 37.7 Å². The Kier molecular flexibility index (Phi) is 5.57. The average molecular weight is 381 g/mol. The number of amides is 3. The molecule has 0 bridgehead atoms. The predicted molar refractivity (Wildman–Crippen MR) is 92.3 cm³/mol. The normalized spacial score (nSPS) is 22.4. The highest BCUT2D eigenvalue weighted by atomic mass is 19.1. The third-order valence-corrected chi connectivity index (χ3v) is 4.75. The van der Waals surface area contributed by atoms with E-state index in [1.54, 1.807) is 6.92 Å². The van der Waals surface area contributed by atoms with Crippen LogP contribution in [0, 0.1) is 11.6 Å². The Balaban J connectivity index is 1.74. The van der Waals surface area contributed by atoms with E-state index in [0.717, 1.165) is 17.0 Å². The van der Waals surface area contributed by atoms with Crippen LogP contribution in [-0.2, 0) is 14.3 Å². The van der Waals surface area contributed by atoms with Gasteiger partial charge < -0.3 is 15.4 Å². The summed E-state index contributed by atoms with van der Waals surface area (Å²) in [6.45, 7) is 2.28. The molecule has 7 nitrogen and oxygen atoms in total. The molecule has 27 heavy (non-hydrogen) atoms. The Hall–Kier alpha value is -2.71. The molecule has 0 saturated carbocycles. The SMILES string of the molecule is CCC(=O)NC[C@H]1CN(c2cc(F)c(C3CCNC(=O)C3)c(F)c2)C(=O)O1. The molecule has 2 atom stereocenters. The van der Waals surface area contributed by atoms with Crippen LogP contribution in [-0.4, -0.2) is 43.6 Å². The van der Waals surface area contributed by atoms with E-state index in [4.69, 9.17) is 4.74 Å². The standard InChI is InChI=1S/C18H21F2N3O4/c1-2-15(24)22-8-12-9-23(18(26)27-12)11-6-13(19)17(14(20)7-11)10-3-4-21-16(25)5-10/h6-7,10,12H,2-5,8-9H2,1H3,(H,21,25)(H,22,24)/t10?,12-/m0/s1. The second-order valence-corrected chi connectivity index (χ2v) is 6.64. The van der Waals surface area contributed by atoms with E-state index < -0.39 is 29.7 Å². The summed E-state index contributed by atoms with van der Waals surface area (Å²) in [4.78, 5) is 36.0. The van der Waals surface area contributed by atoms with Crippen LogP contribution < -0.4 is 15.5 Å². The number of rotatable bonds is 5. The van der Waals surface area contributed by atoms with Crippen molar-refractivity contribution in [2.24, 2.45) is 0 Å². The Morgan fingerprint density at radius 2 is 2.04 bits per heavy atom. The maximum atomic E-state index is 14.6. The predicted octanol–water partition coefficient (Wildman–Crippen LogP) is 1.81. The molecule has 146 valence electrons. The zero-order valence-electron chi connectivity index (χ0n) is 14.9. The van der Waals surface area contributed by atoms with Gasteiger partial charge in [0.05, 0.1) is 18.8 Å². The first-order chi connectivity index (χ1) is 12.9. The quantitative estimate of drug-likeness (QED) is 0.814. The number of halogens is 2. The van der Waals surface area contributed by atoms with Crippen LogP contribution in [0.4, 0.5) is 19.3 Å². The van der Waals surface area contributed by atoms with Crippen molar-refractivity contribution in [1.29, 1.82) is 0 Å². The Morgan fingerprint density at radius 1 is 1.33 bits per heavy atom. The molecule has 2 aliphatic rings. The van der Waals surface area contributed by atoms with Crippen LogP contribution in [0.3, 0.4) is 0 Å². The first kappa shape index (κ1) is 19.1. The molecule has 2 saturated heterocycles. The molecule has 0 spiro atoms. The molecule has 2 N–H and O–H groups in total. The van der Waals surface area contributed by atoms with E-state index in [0.29, 0.717) is 19.4 Å². The molecule has 0 aliphatic carbocycles. The number of carbonyl (C=O) groups is 3. The maximum Gasteiger partial charge on any atom is 0.414 e. The van der Waals surface area contributed by atoms with E-state index in [2.05, 4.69) is 10.6 Å². The van der Waals surface area contributed by atoms with Gasteiger partial charge in [-0.1, -0.05) is 6.92 Å². The van der Waals surface area contributed by atoms with Gasteiger partial charge in [-0.2, -0.15) is 0 Å². The zero-order chi connectivity index (χ0) is 19.6. The van der Waals surface area contributed by atoms with Crippen molar-refractivity contribution in [2.75, 3.05) is 24.5 Å². The van der Waals surface area contributed by atoms with E-state index in [1.165, 1.54) is 0 Å². The number of hydrogen-bond acceptors (Lipinski definition) is 4. The van der Waals surface area contributed by atoms with Crippen molar-refractivity contribution in [3.05, 3.63) is 29.3 Å². The highest BCUT2D eigenvalue weighted by Crippen LogP contribution is 2.33. The number of nitrogens with zero attached hydrogens (tertiary/aromatic N) is 1. The number of hydrogen-bond donors (Lipinski definition) is 2. The largest absolute Gasteiger partial charge is 0.442 e. The van der Waals surface area contributed by atoms with E-state index in [1.807, 2.05) is 0 Å². The summed E-state index contributed by atoms with van der Waals surface area (Å²) in [5.74, 6) is -2.53. The van der Waals surface area contributed by atoms with Gasteiger partial charge in [-0.15, -0.1) is 0 Å². The van der Waals surface area contributed by atoms with E-state index in [-0.39, 0.29) is 42.6 Å². The minimum atomic E-state index is -0.791. The van der Waals surface area contributed by atoms with Crippen LogP contribution in [0.25, 0.3) is 0 Å². The number of benzene rings is 1. The second kappa shape index (κ2) is 7.89. The lowest BCUT2D eigenvalue weighted by molar-refractivity contribution is -0.123. The maximum absolute atomic E-state index is 14.6. The molecule has 3 amide bonds. The molecule has 0 radical (unpaired) electrons. The van der Waals surface area contributed by atoms with E-state index >= 15 is 0 Å². The summed E-state index contributed by atoms with van der Waals surface area (Å²) in [5, 5.41) is 5.25. The molecular weight excluding hydrogens is 360 g/mol. The second-order valence-electron chi connectivity index (χ2n) is 6.64. The lowest BCUT2D eigenvalue weighted by atomic mass is 9.89. The van der Waals surface area contributed by atoms with E-state index in [9.17, 15) is 23.2 Å². The van der Waals surface area contributed by atoms with Gasteiger partial charge in [0.15, 0.2) is 0 Å². The first-order valence-corrected chi connectivity index (χ1v) is 8.89. The van der Waals surface area contributed by atoms with Crippen molar-refractivity contribution >= 4 is 23.6 Å². The number of anilines is 1. The minimum Gasteiger partial charge on any atom is -0.442 e. The molecule has 2 fully saturated rings. The summed E-state index contributed by atoms with van der Waals surface area (Å²) in [6.07, 6.45) is -0.543. The van der Waals surface area contributed by atoms with Crippen LogP contribution in [0.5, 0.6) is 0 Å². The van der Waals surface area contributed by atoms with Gasteiger partial charge in [0.25, 0.3) is 0 Å². The fourth-order valence-electron chi connectivity index (χ4n) is 3.34. The molecule has 3 rings (SSSR count). The third kappa shape index (κ3) is 4.17. The number of cyclic esters (lactones) is 1. The lowest BCUT2D eigenvalue weighted by Crippen LogP contribution is -2.34. The molecule has 0 aromatic heterocycles. The lowest BCUT2D eigenvalue weighted by Gasteiger charge is -2.24. The van der Waals surface area contributed by atoms with Gasteiger partial charge in [-0.05, 0) is 18.6 Å². The van der Waals surface area contributed by atoms with Gasteiger partial charge in [0.1, 0.15) is 17.7 Å². The molecule has 1 unspecified atom stereocenters.